The van der Waals surface area contributed by atoms with E-state index in [1.165, 1.54) is 47.4 Å². The first kappa shape index (κ1) is 39.7. The van der Waals surface area contributed by atoms with Crippen molar-refractivity contribution in [2.75, 3.05) is 23.9 Å². The van der Waals surface area contributed by atoms with Gasteiger partial charge in [-0.25, -0.2) is 24.9 Å². The van der Waals surface area contributed by atoms with E-state index in [0.717, 1.165) is 23.9 Å². The van der Waals surface area contributed by atoms with Crippen molar-refractivity contribution >= 4 is 41.2 Å². The molecule has 2 N–H and O–H groups in total. The number of alkyl halides is 3. The molecule has 1 unspecified atom stereocenters. The zero-order valence-corrected chi connectivity index (χ0v) is 32.4. The summed E-state index contributed by atoms with van der Waals surface area (Å²) in [4.78, 5) is 94.1. The van der Waals surface area contributed by atoms with Crippen molar-refractivity contribution in [3.8, 4) is 28.7 Å². The third-order valence-corrected chi connectivity index (χ3v) is 10.3. The number of halogens is 3. The Labute approximate surface area is 339 Å². The predicted octanol–water partition coefficient (Wildman–Crippen LogP) is 4.72. The molecule has 5 amide bonds. The molecule has 1 atom stereocenters. The number of hydrogen-bond donors (Lipinski definition) is 2. The lowest BCUT2D eigenvalue weighted by molar-refractivity contribution is -0.141. The van der Waals surface area contributed by atoms with Gasteiger partial charge in [0.1, 0.15) is 36.6 Å². The Hall–Kier alpha value is -7.12. The number of nitrogens with zero attached hydrogens (tertiary/aromatic N) is 9. The van der Waals surface area contributed by atoms with Gasteiger partial charge in [0.15, 0.2) is 11.5 Å². The number of ether oxygens (including phenoxy) is 1. The van der Waals surface area contributed by atoms with Gasteiger partial charge in [-0.15, -0.1) is 0 Å². The summed E-state index contributed by atoms with van der Waals surface area (Å²) in [5, 5.41) is 4.89. The normalized spacial score (nSPS) is 16.6. The minimum atomic E-state index is -4.63. The second-order valence-electron chi connectivity index (χ2n) is 14.8. The SMILES string of the molecule is COc1ncnc(C2CC2)c1-c1ncnc(N(CC(=O)Nc2cccc3c2C(=O)N(C2CCC(=O)NC2=O)C3=O)Cc2ccc(-c3nc(C(F)(F)F)cn3C(C)C)cc2)n1. The third-order valence-electron chi connectivity index (χ3n) is 10.3. The molecule has 1 saturated carbocycles. The van der Waals surface area contributed by atoms with E-state index < -0.39 is 54.0 Å². The Kier molecular flexibility index (Phi) is 10.3. The van der Waals surface area contributed by atoms with Crippen molar-refractivity contribution in [3.05, 3.63) is 89.4 Å². The third kappa shape index (κ3) is 7.62. The highest BCUT2D eigenvalue weighted by Crippen LogP contribution is 2.45. The van der Waals surface area contributed by atoms with Crippen molar-refractivity contribution in [2.24, 2.45) is 0 Å². The van der Waals surface area contributed by atoms with Gasteiger partial charge in [-0.2, -0.15) is 18.2 Å². The molecule has 20 heteroatoms. The summed E-state index contributed by atoms with van der Waals surface area (Å²) in [5.74, 6) is -2.66. The van der Waals surface area contributed by atoms with E-state index in [1.807, 2.05) is 0 Å². The van der Waals surface area contributed by atoms with Crippen molar-refractivity contribution in [3.63, 3.8) is 0 Å². The summed E-state index contributed by atoms with van der Waals surface area (Å²) in [5.41, 5.74) is 1.11. The standard InChI is InChI=1S/C40H36F3N11O6/c1-20(2)53-16-27(40(41,42)43)49-34(53)23-9-7-21(8-10-23)15-52(39-47-19-45-33(51-39)31-32(22-11-12-22)44-18-46-36(31)60-3)17-29(56)48-25-6-4-5-24-30(25)38(59)54(37(24)58)26-13-14-28(55)50-35(26)57/h4-10,16,18-20,22,26H,11-15,17H2,1-3H3,(H,48,56)(H,50,55,57). The number of aromatic nitrogens is 7. The zero-order valence-electron chi connectivity index (χ0n) is 32.4. The molecule has 60 heavy (non-hydrogen) atoms. The molecule has 308 valence electrons. The van der Waals surface area contributed by atoms with Gasteiger partial charge < -0.3 is 19.5 Å². The molecular weight excluding hydrogens is 788 g/mol. The number of amides is 5. The fourth-order valence-corrected chi connectivity index (χ4v) is 7.27. The van der Waals surface area contributed by atoms with Crippen molar-refractivity contribution in [1.82, 2.24) is 44.7 Å². The van der Waals surface area contributed by atoms with Gasteiger partial charge in [-0.1, -0.05) is 30.3 Å². The average Bonchev–Trinajstić information content (AvgIpc) is 3.91. The highest BCUT2D eigenvalue weighted by atomic mass is 19.4. The molecule has 3 aliphatic rings. The number of imide groups is 2. The number of anilines is 2. The average molecular weight is 824 g/mol. The largest absolute Gasteiger partial charge is 0.480 e. The summed E-state index contributed by atoms with van der Waals surface area (Å²) in [6, 6.07) is 9.46. The highest BCUT2D eigenvalue weighted by molar-refractivity contribution is 6.26. The number of benzene rings is 2. The highest BCUT2D eigenvalue weighted by Gasteiger charge is 2.46. The molecule has 2 fully saturated rings. The molecule has 0 radical (unpaired) electrons. The van der Waals surface area contributed by atoms with E-state index in [0.29, 0.717) is 22.4 Å². The Morgan fingerprint density at radius 2 is 1.70 bits per heavy atom. The van der Waals surface area contributed by atoms with Crippen molar-refractivity contribution in [2.45, 2.75) is 70.3 Å². The number of methoxy groups -OCH3 is 1. The first-order chi connectivity index (χ1) is 28.7. The molecule has 5 aromatic rings. The van der Waals surface area contributed by atoms with Gasteiger partial charge in [0.2, 0.25) is 29.5 Å². The van der Waals surface area contributed by atoms with Crippen LogP contribution in [0.5, 0.6) is 5.88 Å². The van der Waals surface area contributed by atoms with Gasteiger partial charge in [0.25, 0.3) is 11.8 Å². The maximum absolute atomic E-state index is 14.0. The molecule has 2 aliphatic heterocycles. The number of carbonyl (C=O) groups excluding carboxylic acids is 5. The molecule has 0 bridgehead atoms. The summed E-state index contributed by atoms with van der Waals surface area (Å²) in [7, 11) is 1.46. The Morgan fingerprint density at radius 3 is 2.38 bits per heavy atom. The zero-order chi connectivity index (χ0) is 42.5. The molecular formula is C40H36F3N11O6. The predicted molar refractivity (Wildman–Crippen MR) is 205 cm³/mol. The van der Waals surface area contributed by atoms with Gasteiger partial charge in [0, 0.05) is 36.7 Å². The van der Waals surface area contributed by atoms with Gasteiger partial charge in [-0.3, -0.25) is 34.2 Å². The number of rotatable bonds is 12. The van der Waals surface area contributed by atoms with E-state index in [4.69, 9.17) is 9.72 Å². The minimum absolute atomic E-state index is 0.00901. The van der Waals surface area contributed by atoms with Crippen LogP contribution in [0.15, 0.2) is 61.3 Å². The molecule has 17 nitrogen and oxygen atoms in total. The van der Waals surface area contributed by atoms with Crippen LogP contribution >= 0.6 is 0 Å². The molecule has 8 rings (SSSR count). The Morgan fingerprint density at radius 1 is 0.950 bits per heavy atom. The first-order valence-electron chi connectivity index (χ1n) is 18.9. The fraction of sp³-hybridized carbons (Fsp3) is 0.325. The van der Waals surface area contributed by atoms with Crippen LogP contribution < -0.4 is 20.3 Å². The minimum Gasteiger partial charge on any atom is -0.480 e. The Bertz CT molecular complexity index is 2560. The smallest absolute Gasteiger partial charge is 0.434 e. The van der Waals surface area contributed by atoms with Crippen molar-refractivity contribution < 1.29 is 41.9 Å². The second kappa shape index (κ2) is 15.6. The quantitative estimate of drug-likeness (QED) is 0.164. The molecule has 0 spiro atoms. The van der Waals surface area contributed by atoms with E-state index >= 15 is 0 Å². The van der Waals surface area contributed by atoms with Crippen LogP contribution in [-0.2, 0) is 27.1 Å². The molecule has 1 aliphatic carbocycles. The van der Waals surface area contributed by atoms with Crippen LogP contribution in [0.25, 0.3) is 22.8 Å². The summed E-state index contributed by atoms with van der Waals surface area (Å²) in [6.45, 7) is 3.11. The fourth-order valence-electron chi connectivity index (χ4n) is 7.27. The summed E-state index contributed by atoms with van der Waals surface area (Å²) < 4.78 is 47.9. The molecule has 5 heterocycles. The first-order valence-corrected chi connectivity index (χ1v) is 18.9. The second-order valence-corrected chi connectivity index (χ2v) is 14.8. The van der Waals surface area contributed by atoms with Gasteiger partial charge >= 0.3 is 6.18 Å². The number of imidazole rings is 1. The van der Waals surface area contributed by atoms with E-state index in [1.54, 1.807) is 38.1 Å². The summed E-state index contributed by atoms with van der Waals surface area (Å²) in [6.07, 6.45) is 0.736. The maximum Gasteiger partial charge on any atom is 0.434 e. The van der Waals surface area contributed by atoms with Crippen LogP contribution in [0.2, 0.25) is 0 Å². The lowest BCUT2D eigenvalue weighted by Gasteiger charge is -2.27. The number of carbonyl (C=O) groups is 5. The van der Waals surface area contributed by atoms with Gasteiger partial charge in [-0.05, 0) is 50.8 Å². The lowest BCUT2D eigenvalue weighted by atomic mass is 10.0. The summed E-state index contributed by atoms with van der Waals surface area (Å²) >= 11 is 0. The van der Waals surface area contributed by atoms with Crippen LogP contribution in [0.4, 0.5) is 24.8 Å². The maximum atomic E-state index is 14.0. The number of piperidine rings is 1. The van der Waals surface area contributed by atoms with Crippen molar-refractivity contribution in [1.29, 1.82) is 0 Å². The number of hydrogen-bond acceptors (Lipinski definition) is 13. The molecule has 2 aromatic carbocycles. The monoisotopic (exact) mass is 823 g/mol. The number of fused-ring (bicyclic) bond motifs is 1. The molecule has 1 saturated heterocycles. The lowest BCUT2D eigenvalue weighted by Crippen LogP contribution is -2.54. The van der Waals surface area contributed by atoms with E-state index in [-0.39, 0.29) is 71.6 Å². The molecule has 3 aromatic heterocycles. The van der Waals surface area contributed by atoms with E-state index in [2.05, 4.69) is 35.6 Å². The van der Waals surface area contributed by atoms with Crippen LogP contribution in [0.3, 0.4) is 0 Å². The topological polar surface area (TPSA) is 207 Å². The Balaban J connectivity index is 1.11. The van der Waals surface area contributed by atoms with Crippen LogP contribution in [0.1, 0.15) is 89.2 Å². The number of nitrogens with one attached hydrogen (secondary N) is 2. The van der Waals surface area contributed by atoms with Gasteiger partial charge in [0.05, 0.1) is 29.6 Å². The van der Waals surface area contributed by atoms with Crippen LogP contribution in [-0.4, -0.2) is 88.6 Å². The van der Waals surface area contributed by atoms with Crippen LogP contribution in [0, 0.1) is 0 Å². The van der Waals surface area contributed by atoms with E-state index in [9.17, 15) is 37.1 Å².